The standard InChI is InChI=1S/C21H23N7/c1-27-13-19(24-15-27)14-28-9-7-16(8-10-28)20-3-2-4-21(26-20)25-18-6-5-17(11-22)23-12-18/h2-6,12-13,15-16H,7-10,14H2,1H3,(H,25,26). The number of hydrogen-bond acceptors (Lipinski definition) is 6. The molecule has 0 atom stereocenters. The van der Waals surface area contributed by atoms with E-state index in [9.17, 15) is 0 Å². The van der Waals surface area contributed by atoms with Crippen molar-refractivity contribution in [3.63, 3.8) is 0 Å². The topological polar surface area (TPSA) is 82.7 Å². The molecule has 0 saturated carbocycles. The molecule has 1 fully saturated rings. The van der Waals surface area contributed by atoms with Gasteiger partial charge in [0, 0.05) is 31.4 Å². The molecule has 7 nitrogen and oxygen atoms in total. The molecule has 4 rings (SSSR count). The molecule has 28 heavy (non-hydrogen) atoms. The second-order valence-corrected chi connectivity index (χ2v) is 7.20. The Hall–Kier alpha value is -3.24. The number of rotatable bonds is 5. The zero-order chi connectivity index (χ0) is 19.3. The molecule has 0 amide bonds. The summed E-state index contributed by atoms with van der Waals surface area (Å²) in [6, 6.07) is 11.7. The van der Waals surface area contributed by atoms with E-state index in [1.807, 2.05) is 42.2 Å². The minimum Gasteiger partial charge on any atom is -0.340 e. The highest BCUT2D eigenvalue weighted by Gasteiger charge is 2.22. The molecule has 1 aliphatic heterocycles. The average molecular weight is 373 g/mol. The van der Waals surface area contributed by atoms with Crippen molar-refractivity contribution in [3.05, 3.63) is 66.1 Å². The van der Waals surface area contributed by atoms with Gasteiger partial charge in [0.1, 0.15) is 17.6 Å². The lowest BCUT2D eigenvalue weighted by molar-refractivity contribution is 0.201. The van der Waals surface area contributed by atoms with Crippen molar-refractivity contribution < 1.29 is 0 Å². The van der Waals surface area contributed by atoms with Gasteiger partial charge >= 0.3 is 0 Å². The smallest absolute Gasteiger partial charge is 0.140 e. The van der Waals surface area contributed by atoms with Gasteiger partial charge in [0.25, 0.3) is 0 Å². The molecular formula is C21H23N7. The van der Waals surface area contributed by atoms with E-state index in [0.29, 0.717) is 11.6 Å². The maximum atomic E-state index is 8.85. The van der Waals surface area contributed by atoms with Crippen molar-refractivity contribution in [2.75, 3.05) is 18.4 Å². The van der Waals surface area contributed by atoms with E-state index < -0.39 is 0 Å². The second kappa shape index (κ2) is 8.19. The molecule has 4 heterocycles. The van der Waals surface area contributed by atoms with Crippen molar-refractivity contribution in [1.29, 1.82) is 5.26 Å². The van der Waals surface area contributed by atoms with E-state index in [1.54, 1.807) is 12.3 Å². The van der Waals surface area contributed by atoms with Crippen LogP contribution >= 0.6 is 0 Å². The van der Waals surface area contributed by atoms with E-state index in [2.05, 4.69) is 32.4 Å². The molecule has 0 aromatic carbocycles. The molecule has 142 valence electrons. The number of aryl methyl sites for hydroxylation is 1. The number of hydrogen-bond donors (Lipinski definition) is 1. The van der Waals surface area contributed by atoms with Gasteiger partial charge in [0.2, 0.25) is 0 Å². The van der Waals surface area contributed by atoms with Crippen LogP contribution in [0.2, 0.25) is 0 Å². The van der Waals surface area contributed by atoms with Crippen LogP contribution in [0.3, 0.4) is 0 Å². The summed E-state index contributed by atoms with van der Waals surface area (Å²) < 4.78 is 1.99. The highest BCUT2D eigenvalue weighted by atomic mass is 15.1. The van der Waals surface area contributed by atoms with Crippen molar-refractivity contribution in [2.45, 2.75) is 25.3 Å². The number of nitrogens with one attached hydrogen (secondary N) is 1. The van der Waals surface area contributed by atoms with Gasteiger partial charge in [-0.1, -0.05) is 6.07 Å². The average Bonchev–Trinajstić information content (AvgIpc) is 3.14. The molecule has 1 N–H and O–H groups in total. The van der Waals surface area contributed by atoms with Crippen LogP contribution < -0.4 is 5.32 Å². The third-order valence-electron chi connectivity index (χ3n) is 5.07. The summed E-state index contributed by atoms with van der Waals surface area (Å²) in [6.45, 7) is 3.02. The van der Waals surface area contributed by atoms with Crippen LogP contribution in [0.4, 0.5) is 11.5 Å². The van der Waals surface area contributed by atoms with Crippen LogP contribution in [0.5, 0.6) is 0 Å². The highest BCUT2D eigenvalue weighted by molar-refractivity contribution is 5.55. The van der Waals surface area contributed by atoms with Gasteiger partial charge < -0.3 is 9.88 Å². The number of piperidine rings is 1. The third-order valence-corrected chi connectivity index (χ3v) is 5.07. The van der Waals surface area contributed by atoms with Crippen molar-refractivity contribution in [3.8, 4) is 6.07 Å². The first-order valence-corrected chi connectivity index (χ1v) is 9.49. The van der Waals surface area contributed by atoms with E-state index in [0.717, 1.165) is 55.4 Å². The minimum atomic E-state index is 0.407. The van der Waals surface area contributed by atoms with Gasteiger partial charge in [-0.2, -0.15) is 5.26 Å². The summed E-state index contributed by atoms with van der Waals surface area (Å²) in [5.74, 6) is 1.28. The van der Waals surface area contributed by atoms with Gasteiger partial charge in [-0.25, -0.2) is 15.0 Å². The van der Waals surface area contributed by atoms with Gasteiger partial charge in [-0.05, 0) is 50.2 Å². The predicted molar refractivity (Wildman–Crippen MR) is 107 cm³/mol. The molecule has 0 bridgehead atoms. The summed E-state index contributed by atoms with van der Waals surface area (Å²) in [5, 5.41) is 12.1. The molecule has 3 aromatic rings. The summed E-state index contributed by atoms with van der Waals surface area (Å²) in [5.41, 5.74) is 3.49. The van der Waals surface area contributed by atoms with Gasteiger partial charge in [-0.3, -0.25) is 4.90 Å². The van der Waals surface area contributed by atoms with Crippen LogP contribution in [0, 0.1) is 11.3 Å². The Morgan fingerprint density at radius 1 is 1.18 bits per heavy atom. The fourth-order valence-corrected chi connectivity index (χ4v) is 3.59. The van der Waals surface area contributed by atoms with Crippen LogP contribution in [0.1, 0.15) is 35.8 Å². The summed E-state index contributed by atoms with van der Waals surface area (Å²) in [7, 11) is 2.00. The first-order valence-electron chi connectivity index (χ1n) is 9.49. The zero-order valence-corrected chi connectivity index (χ0v) is 15.9. The zero-order valence-electron chi connectivity index (χ0n) is 15.9. The van der Waals surface area contributed by atoms with Crippen LogP contribution in [-0.2, 0) is 13.6 Å². The van der Waals surface area contributed by atoms with Crippen LogP contribution in [0.15, 0.2) is 49.1 Å². The van der Waals surface area contributed by atoms with E-state index in [-0.39, 0.29) is 0 Å². The number of imidazole rings is 1. The Bertz CT molecular complexity index is 963. The van der Waals surface area contributed by atoms with Crippen molar-refractivity contribution in [1.82, 2.24) is 24.4 Å². The van der Waals surface area contributed by atoms with Gasteiger partial charge in [-0.15, -0.1) is 0 Å². The Labute approximate surface area is 164 Å². The number of anilines is 2. The van der Waals surface area contributed by atoms with E-state index in [4.69, 9.17) is 10.2 Å². The molecule has 0 spiro atoms. The number of aromatic nitrogens is 4. The summed E-state index contributed by atoms with van der Waals surface area (Å²) in [6.07, 6.45) is 7.79. The van der Waals surface area contributed by atoms with Crippen molar-refractivity contribution in [2.24, 2.45) is 7.05 Å². The largest absolute Gasteiger partial charge is 0.340 e. The molecule has 3 aromatic heterocycles. The molecule has 7 heteroatoms. The Kier molecular flexibility index (Phi) is 5.31. The first kappa shape index (κ1) is 18.1. The fourth-order valence-electron chi connectivity index (χ4n) is 3.59. The number of nitriles is 1. The number of likely N-dealkylation sites (tertiary alicyclic amines) is 1. The molecule has 0 radical (unpaired) electrons. The van der Waals surface area contributed by atoms with E-state index >= 15 is 0 Å². The van der Waals surface area contributed by atoms with Crippen LogP contribution in [0.25, 0.3) is 0 Å². The monoisotopic (exact) mass is 373 g/mol. The quantitative estimate of drug-likeness (QED) is 0.739. The summed E-state index contributed by atoms with van der Waals surface area (Å²) >= 11 is 0. The SMILES string of the molecule is Cn1cnc(CN2CCC(c3cccc(Nc4ccc(C#N)nc4)n3)CC2)c1. The molecule has 0 unspecified atom stereocenters. The lowest BCUT2D eigenvalue weighted by Crippen LogP contribution is -2.32. The minimum absolute atomic E-state index is 0.407. The molecule has 1 saturated heterocycles. The fraction of sp³-hybridized carbons (Fsp3) is 0.333. The van der Waals surface area contributed by atoms with Crippen molar-refractivity contribution >= 4 is 11.5 Å². The normalized spacial score (nSPS) is 15.3. The molecular weight excluding hydrogens is 350 g/mol. The lowest BCUT2D eigenvalue weighted by Gasteiger charge is -2.31. The van der Waals surface area contributed by atoms with Crippen LogP contribution in [-0.4, -0.2) is 37.5 Å². The van der Waals surface area contributed by atoms with Gasteiger partial charge in [0.15, 0.2) is 0 Å². The third kappa shape index (κ3) is 4.35. The van der Waals surface area contributed by atoms with E-state index in [1.165, 1.54) is 0 Å². The lowest BCUT2D eigenvalue weighted by atomic mass is 9.93. The second-order valence-electron chi connectivity index (χ2n) is 7.20. The summed E-state index contributed by atoms with van der Waals surface area (Å²) in [4.78, 5) is 15.8. The maximum absolute atomic E-state index is 8.85. The molecule has 1 aliphatic rings. The Morgan fingerprint density at radius 3 is 2.71 bits per heavy atom. The molecule has 0 aliphatic carbocycles. The van der Waals surface area contributed by atoms with Gasteiger partial charge in [0.05, 0.1) is 23.9 Å². The maximum Gasteiger partial charge on any atom is 0.140 e. The number of pyridine rings is 2. The number of nitrogens with zero attached hydrogens (tertiary/aromatic N) is 6. The predicted octanol–water partition coefficient (Wildman–Crippen LogP) is 3.20. The Balaban J connectivity index is 1.36. The first-order chi connectivity index (χ1) is 13.7. The highest BCUT2D eigenvalue weighted by Crippen LogP contribution is 2.28. The Morgan fingerprint density at radius 2 is 2.04 bits per heavy atom.